The van der Waals surface area contributed by atoms with Crippen LogP contribution in [0.4, 0.5) is 13.2 Å². The Labute approximate surface area is 107 Å². The second-order valence-electron chi connectivity index (χ2n) is 3.67. The van der Waals surface area contributed by atoms with Crippen molar-refractivity contribution in [2.45, 2.75) is 6.18 Å². The monoisotopic (exact) mass is 291 g/mol. The molecule has 8 heteroatoms. The smallest absolute Gasteiger partial charge is 0.416 e. The van der Waals surface area contributed by atoms with Crippen LogP contribution < -0.4 is 4.74 Å². The molecule has 0 N–H and O–H groups in total. The van der Waals surface area contributed by atoms with E-state index in [1.54, 1.807) is 0 Å². The summed E-state index contributed by atoms with van der Waals surface area (Å²) in [5.74, 6) is -0.0698. The van der Waals surface area contributed by atoms with Gasteiger partial charge < -0.3 is 4.74 Å². The second-order valence-corrected chi connectivity index (χ2v) is 5.50. The number of ether oxygens (including phenoxy) is 1. The highest BCUT2D eigenvalue weighted by Gasteiger charge is 2.30. The third kappa shape index (κ3) is 3.14. The number of benzene rings is 1. The molecule has 2 rings (SSSR count). The fourth-order valence-electron chi connectivity index (χ4n) is 1.37. The molecule has 1 aromatic carbocycles. The molecule has 0 atom stereocenters. The van der Waals surface area contributed by atoms with Crippen LogP contribution in [0.2, 0.25) is 0 Å². The van der Waals surface area contributed by atoms with Crippen LogP contribution in [0.3, 0.4) is 0 Å². The fraction of sp³-hybridized carbons (Fsp3) is 0.182. The molecule has 0 amide bonds. The van der Waals surface area contributed by atoms with Gasteiger partial charge in [-0.15, -0.1) is 0 Å². The topological polar surface area (TPSA) is 55.7 Å². The Morgan fingerprint density at radius 3 is 2.58 bits per heavy atom. The molecule has 0 saturated heterocycles. The van der Waals surface area contributed by atoms with Gasteiger partial charge in [0.05, 0.1) is 11.0 Å². The summed E-state index contributed by atoms with van der Waals surface area (Å²) >= 11 is 0. The predicted molar refractivity (Wildman–Crippen MR) is 62.4 cm³/mol. The highest BCUT2D eigenvalue weighted by atomic mass is 32.2. The molecule has 0 aliphatic carbocycles. The lowest BCUT2D eigenvalue weighted by molar-refractivity contribution is -0.137. The van der Waals surface area contributed by atoms with Gasteiger partial charge in [0.2, 0.25) is 9.84 Å². The number of halogens is 3. The van der Waals surface area contributed by atoms with Gasteiger partial charge in [0.1, 0.15) is 12.4 Å². The molecule has 0 radical (unpaired) electrons. The summed E-state index contributed by atoms with van der Waals surface area (Å²) in [6, 6.07) is 4.19. The minimum atomic E-state index is -4.47. The molecule has 4 nitrogen and oxygen atoms in total. The van der Waals surface area contributed by atoms with E-state index >= 15 is 0 Å². The van der Waals surface area contributed by atoms with Crippen molar-refractivity contribution in [3.63, 3.8) is 0 Å². The quantitative estimate of drug-likeness (QED) is 0.859. The first kappa shape index (κ1) is 13.6. The van der Waals surface area contributed by atoms with E-state index in [2.05, 4.69) is 4.99 Å². The standard InChI is InChI=1S/C11H8F3NO3S/c12-11(13,14)8-2-1-3-9(6-8)18-7-10-15-4-5-19(10,16)17/h1-6H,7H2. The Balaban J connectivity index is 2.09. The van der Waals surface area contributed by atoms with Gasteiger partial charge in [0.25, 0.3) is 0 Å². The maximum atomic E-state index is 12.4. The number of aliphatic imine (C=N–C) groups is 1. The minimum absolute atomic E-state index is 0.0698. The minimum Gasteiger partial charge on any atom is -0.487 e. The number of hydrogen-bond donors (Lipinski definition) is 0. The lowest BCUT2D eigenvalue weighted by Gasteiger charge is -2.09. The van der Waals surface area contributed by atoms with Crippen molar-refractivity contribution in [2.24, 2.45) is 4.99 Å². The molecule has 0 aromatic heterocycles. The van der Waals surface area contributed by atoms with E-state index in [0.29, 0.717) is 0 Å². The summed E-state index contributed by atoms with van der Waals surface area (Å²) < 4.78 is 65.0. The van der Waals surface area contributed by atoms with E-state index < -0.39 is 28.2 Å². The summed E-state index contributed by atoms with van der Waals surface area (Å²) in [5, 5.41) is 0.669. The van der Waals surface area contributed by atoms with Crippen LogP contribution in [0.1, 0.15) is 5.56 Å². The zero-order valence-electron chi connectivity index (χ0n) is 9.39. The zero-order valence-corrected chi connectivity index (χ0v) is 10.2. The molecule has 19 heavy (non-hydrogen) atoms. The van der Waals surface area contributed by atoms with E-state index in [1.165, 1.54) is 12.1 Å². The normalized spacial score (nSPS) is 17.3. The first-order chi connectivity index (χ1) is 8.79. The Morgan fingerprint density at radius 1 is 1.26 bits per heavy atom. The van der Waals surface area contributed by atoms with Crippen molar-refractivity contribution in [2.75, 3.05) is 6.61 Å². The second kappa shape index (κ2) is 4.69. The van der Waals surface area contributed by atoms with E-state index in [0.717, 1.165) is 23.7 Å². The maximum absolute atomic E-state index is 12.4. The summed E-state index contributed by atoms with van der Waals surface area (Å²) in [7, 11) is -3.57. The van der Waals surface area contributed by atoms with Crippen molar-refractivity contribution in [1.82, 2.24) is 0 Å². The van der Waals surface area contributed by atoms with E-state index in [9.17, 15) is 21.6 Å². The average Bonchev–Trinajstić information content (AvgIpc) is 2.65. The molecular weight excluding hydrogens is 283 g/mol. The molecule has 1 aliphatic heterocycles. The van der Waals surface area contributed by atoms with Crippen LogP contribution in [0.25, 0.3) is 0 Å². The Morgan fingerprint density at radius 2 is 2.00 bits per heavy atom. The number of nitrogens with zero attached hydrogens (tertiary/aromatic N) is 1. The van der Waals surface area contributed by atoms with Gasteiger partial charge in [-0.3, -0.25) is 0 Å². The predicted octanol–water partition coefficient (Wildman–Crippen LogP) is 2.38. The molecule has 0 fully saturated rings. The lowest BCUT2D eigenvalue weighted by atomic mass is 10.2. The van der Waals surface area contributed by atoms with Crippen LogP contribution >= 0.6 is 0 Å². The molecule has 0 bridgehead atoms. The van der Waals surface area contributed by atoms with Crippen molar-refractivity contribution < 1.29 is 26.3 Å². The SMILES string of the molecule is O=S1(=O)C=CN=C1COc1cccc(C(F)(F)F)c1. The average molecular weight is 291 g/mol. The fourth-order valence-corrected chi connectivity index (χ4v) is 2.18. The molecule has 102 valence electrons. The molecule has 1 aromatic rings. The first-order valence-electron chi connectivity index (χ1n) is 5.07. The number of alkyl halides is 3. The van der Waals surface area contributed by atoms with Crippen LogP contribution in [0.5, 0.6) is 5.75 Å². The van der Waals surface area contributed by atoms with Gasteiger partial charge in [0.15, 0.2) is 5.04 Å². The van der Waals surface area contributed by atoms with Crippen LogP contribution in [0, 0.1) is 0 Å². The number of rotatable bonds is 3. The first-order valence-corrected chi connectivity index (χ1v) is 6.62. The summed E-state index contributed by atoms with van der Waals surface area (Å²) in [6.07, 6.45) is -3.38. The lowest BCUT2D eigenvalue weighted by Crippen LogP contribution is -2.18. The molecular formula is C11H8F3NO3S. The molecule has 0 saturated carbocycles. The van der Waals surface area contributed by atoms with Gasteiger partial charge in [-0.05, 0) is 18.2 Å². The van der Waals surface area contributed by atoms with Gasteiger partial charge in [0, 0.05) is 6.20 Å². The largest absolute Gasteiger partial charge is 0.487 e. The van der Waals surface area contributed by atoms with Crippen molar-refractivity contribution in [3.8, 4) is 5.75 Å². The Kier molecular flexibility index (Phi) is 3.36. The van der Waals surface area contributed by atoms with Gasteiger partial charge in [-0.2, -0.15) is 13.2 Å². The zero-order chi connectivity index (χ0) is 14.1. The van der Waals surface area contributed by atoms with Gasteiger partial charge >= 0.3 is 6.18 Å². The van der Waals surface area contributed by atoms with Crippen molar-refractivity contribution in [1.29, 1.82) is 0 Å². The summed E-state index contributed by atoms with van der Waals surface area (Å²) in [6.45, 7) is -0.406. The third-order valence-electron chi connectivity index (χ3n) is 2.31. The van der Waals surface area contributed by atoms with Gasteiger partial charge in [-0.25, -0.2) is 13.4 Å². The summed E-state index contributed by atoms with van der Waals surface area (Å²) in [5.41, 5.74) is -0.862. The number of hydrogen-bond acceptors (Lipinski definition) is 4. The van der Waals surface area contributed by atoms with Gasteiger partial charge in [-0.1, -0.05) is 6.07 Å². The van der Waals surface area contributed by atoms with Crippen molar-refractivity contribution >= 4 is 14.9 Å². The van der Waals surface area contributed by atoms with Crippen molar-refractivity contribution in [3.05, 3.63) is 41.4 Å². The maximum Gasteiger partial charge on any atom is 0.416 e. The molecule has 1 aliphatic rings. The number of sulfone groups is 1. The summed E-state index contributed by atoms with van der Waals surface area (Å²) in [4.78, 5) is 3.58. The highest BCUT2D eigenvalue weighted by Crippen LogP contribution is 2.31. The highest BCUT2D eigenvalue weighted by molar-refractivity contribution is 8.09. The van der Waals surface area contributed by atoms with Crippen LogP contribution in [-0.2, 0) is 16.0 Å². The van der Waals surface area contributed by atoms with Crippen LogP contribution in [0.15, 0.2) is 40.9 Å². The molecule has 1 heterocycles. The third-order valence-corrected chi connectivity index (χ3v) is 3.67. The molecule has 0 spiro atoms. The Bertz CT molecular complexity index is 647. The molecule has 0 unspecified atom stereocenters. The van der Waals surface area contributed by atoms with E-state index in [1.807, 2.05) is 0 Å². The van der Waals surface area contributed by atoms with Crippen LogP contribution in [-0.4, -0.2) is 20.1 Å². The van der Waals surface area contributed by atoms with E-state index in [4.69, 9.17) is 4.74 Å². The Hall–Kier alpha value is -1.83. The van der Waals surface area contributed by atoms with E-state index in [-0.39, 0.29) is 10.8 Å².